The molecule has 2 N–H and O–H groups in total. The Morgan fingerprint density at radius 1 is 1.08 bits per heavy atom. The first-order valence-corrected chi connectivity index (χ1v) is 8.06. The summed E-state index contributed by atoms with van der Waals surface area (Å²) < 4.78 is 5.57. The fourth-order valence-corrected chi connectivity index (χ4v) is 3.78. The number of benzene rings is 1. The highest BCUT2D eigenvalue weighted by molar-refractivity contribution is 5.80. The Balaban J connectivity index is 2.10. The zero-order valence-corrected chi connectivity index (χ0v) is 14.7. The molecule has 4 atom stereocenters. The van der Waals surface area contributed by atoms with E-state index in [2.05, 4.69) is 10.6 Å². The first-order chi connectivity index (χ1) is 11.3. The molecule has 3 rings (SSSR count). The number of aryl methyl sites for hydroxylation is 1. The number of hydrogen-bond donors (Lipinski definition) is 2. The quantitative estimate of drug-likeness (QED) is 0.865. The zero-order chi connectivity index (χ0) is 17.6. The highest BCUT2D eigenvalue weighted by atomic mass is 16.5. The molecule has 2 aliphatic rings. The van der Waals surface area contributed by atoms with Gasteiger partial charge in [-0.1, -0.05) is 12.1 Å². The van der Waals surface area contributed by atoms with Crippen molar-refractivity contribution in [2.75, 3.05) is 21.2 Å². The van der Waals surface area contributed by atoms with Crippen LogP contribution in [0.3, 0.4) is 0 Å². The lowest BCUT2D eigenvalue weighted by Crippen LogP contribution is -2.71. The van der Waals surface area contributed by atoms with Crippen molar-refractivity contribution in [2.24, 2.45) is 5.92 Å². The van der Waals surface area contributed by atoms with Crippen LogP contribution in [0, 0.1) is 12.8 Å². The van der Waals surface area contributed by atoms with Crippen LogP contribution in [0.25, 0.3) is 0 Å². The fraction of sp³-hybridized carbons (Fsp3) is 0.529. The smallest absolute Gasteiger partial charge is 0.319 e. The predicted octanol–water partition coefficient (Wildman–Crippen LogP) is 1.69. The second kappa shape index (κ2) is 5.89. The molecule has 4 amide bonds. The first-order valence-electron chi connectivity index (χ1n) is 8.06. The molecule has 0 saturated carbocycles. The highest BCUT2D eigenvalue weighted by Gasteiger charge is 2.50. The summed E-state index contributed by atoms with van der Waals surface area (Å²) in [5, 5.41) is 5.92. The second-order valence-electron chi connectivity index (χ2n) is 6.62. The van der Waals surface area contributed by atoms with Crippen molar-refractivity contribution in [1.29, 1.82) is 0 Å². The van der Waals surface area contributed by atoms with Crippen molar-refractivity contribution in [2.45, 2.75) is 32.1 Å². The van der Waals surface area contributed by atoms with E-state index in [-0.39, 0.29) is 36.2 Å². The molecule has 130 valence electrons. The molecule has 2 aliphatic heterocycles. The average Bonchev–Trinajstić information content (AvgIpc) is 2.54. The van der Waals surface area contributed by atoms with Crippen molar-refractivity contribution in [3.8, 4) is 5.75 Å². The highest BCUT2D eigenvalue weighted by Crippen LogP contribution is 2.41. The molecule has 2 fully saturated rings. The Morgan fingerprint density at radius 3 is 2.42 bits per heavy atom. The minimum Gasteiger partial charge on any atom is -0.496 e. The van der Waals surface area contributed by atoms with Crippen LogP contribution in [0.15, 0.2) is 18.2 Å². The van der Waals surface area contributed by atoms with Gasteiger partial charge >= 0.3 is 12.1 Å². The molecular formula is C17H24N4O3. The fourth-order valence-electron chi connectivity index (χ4n) is 3.78. The standard InChI is InChI=1S/C17H24N4O3/c1-9-6-7-11(12(8-9)24-5)14-13-10(2)18-16(22)21(4)15(13)19-17(23)20(14)3/h6-8,10,13-15H,1-5H3,(H,18,22)(H,19,23)/t10-,13+,14?,15-/m0/s1. The van der Waals surface area contributed by atoms with Gasteiger partial charge in [0.1, 0.15) is 11.9 Å². The van der Waals surface area contributed by atoms with Crippen molar-refractivity contribution in [1.82, 2.24) is 20.4 Å². The lowest BCUT2D eigenvalue weighted by Gasteiger charge is -2.52. The Hall–Kier alpha value is -2.44. The number of amides is 4. The molecule has 1 unspecified atom stereocenters. The number of carbonyl (C=O) groups is 2. The number of hydrogen-bond acceptors (Lipinski definition) is 3. The average molecular weight is 332 g/mol. The lowest BCUT2D eigenvalue weighted by atomic mass is 9.80. The summed E-state index contributed by atoms with van der Waals surface area (Å²) in [6.45, 7) is 3.98. The molecule has 0 aromatic heterocycles. The summed E-state index contributed by atoms with van der Waals surface area (Å²) >= 11 is 0. The summed E-state index contributed by atoms with van der Waals surface area (Å²) in [4.78, 5) is 27.8. The third kappa shape index (κ3) is 2.44. The van der Waals surface area contributed by atoms with Gasteiger partial charge in [-0.25, -0.2) is 9.59 Å². The molecule has 1 aromatic rings. The third-order valence-corrected chi connectivity index (χ3v) is 5.11. The maximum absolute atomic E-state index is 12.5. The van der Waals surface area contributed by atoms with Crippen molar-refractivity contribution >= 4 is 12.1 Å². The van der Waals surface area contributed by atoms with E-state index in [1.54, 1.807) is 31.0 Å². The Morgan fingerprint density at radius 2 is 1.75 bits per heavy atom. The Labute approximate surface area is 141 Å². The predicted molar refractivity (Wildman–Crippen MR) is 89.8 cm³/mol. The van der Waals surface area contributed by atoms with Gasteiger partial charge in [-0.05, 0) is 25.5 Å². The SMILES string of the molecule is COc1cc(C)ccc1C1[C@H]2[C@H](C)NC(=O)N(C)[C@@H]2NC(=O)N1C. The van der Waals surface area contributed by atoms with Gasteiger partial charge in [-0.15, -0.1) is 0 Å². The summed E-state index contributed by atoms with van der Waals surface area (Å²) in [7, 11) is 5.11. The zero-order valence-electron chi connectivity index (χ0n) is 14.7. The number of nitrogens with zero attached hydrogens (tertiary/aromatic N) is 2. The Bertz CT molecular complexity index is 678. The maximum Gasteiger partial charge on any atom is 0.319 e. The first kappa shape index (κ1) is 16.4. The summed E-state index contributed by atoms with van der Waals surface area (Å²) in [6.07, 6.45) is -0.353. The minimum absolute atomic E-state index is 0.00740. The van der Waals surface area contributed by atoms with Gasteiger partial charge in [0.25, 0.3) is 0 Å². The van der Waals surface area contributed by atoms with Crippen LogP contribution in [0.1, 0.15) is 24.1 Å². The van der Waals surface area contributed by atoms with Crippen LogP contribution in [-0.4, -0.2) is 55.3 Å². The molecule has 0 radical (unpaired) electrons. The van der Waals surface area contributed by atoms with E-state index < -0.39 is 0 Å². The van der Waals surface area contributed by atoms with Gasteiger partial charge in [-0.2, -0.15) is 0 Å². The molecule has 2 saturated heterocycles. The van der Waals surface area contributed by atoms with E-state index >= 15 is 0 Å². The largest absolute Gasteiger partial charge is 0.496 e. The number of fused-ring (bicyclic) bond motifs is 1. The van der Waals surface area contributed by atoms with E-state index in [1.807, 2.05) is 32.0 Å². The Kier molecular flexibility index (Phi) is 4.03. The summed E-state index contributed by atoms with van der Waals surface area (Å²) in [6, 6.07) is 5.34. The van der Waals surface area contributed by atoms with Gasteiger partial charge < -0.3 is 25.2 Å². The minimum atomic E-state index is -0.353. The van der Waals surface area contributed by atoms with Gasteiger partial charge in [0.15, 0.2) is 0 Å². The second-order valence-corrected chi connectivity index (χ2v) is 6.62. The number of carbonyl (C=O) groups excluding carboxylic acids is 2. The van der Waals surface area contributed by atoms with Crippen LogP contribution in [0.4, 0.5) is 9.59 Å². The van der Waals surface area contributed by atoms with Crippen LogP contribution in [0.2, 0.25) is 0 Å². The molecule has 2 heterocycles. The van der Waals surface area contributed by atoms with E-state index in [0.29, 0.717) is 0 Å². The van der Waals surface area contributed by atoms with E-state index in [1.165, 1.54) is 0 Å². The van der Waals surface area contributed by atoms with E-state index in [9.17, 15) is 9.59 Å². The molecular weight excluding hydrogens is 308 g/mol. The van der Waals surface area contributed by atoms with E-state index in [0.717, 1.165) is 16.9 Å². The third-order valence-electron chi connectivity index (χ3n) is 5.11. The molecule has 1 aromatic carbocycles. The van der Waals surface area contributed by atoms with Crippen molar-refractivity contribution in [3.05, 3.63) is 29.3 Å². The lowest BCUT2D eigenvalue weighted by molar-refractivity contribution is 0.0241. The topological polar surface area (TPSA) is 73.9 Å². The molecule has 0 aliphatic carbocycles. The summed E-state index contributed by atoms with van der Waals surface area (Å²) in [5.41, 5.74) is 2.05. The van der Waals surface area contributed by atoms with Gasteiger partial charge in [-0.3, -0.25) is 0 Å². The number of ether oxygens (including phenoxy) is 1. The monoisotopic (exact) mass is 332 g/mol. The van der Waals surface area contributed by atoms with Crippen LogP contribution in [0.5, 0.6) is 5.75 Å². The number of nitrogens with one attached hydrogen (secondary N) is 2. The molecule has 7 heteroatoms. The van der Waals surface area contributed by atoms with E-state index in [4.69, 9.17) is 4.74 Å². The normalized spacial score (nSPS) is 29.7. The van der Waals surface area contributed by atoms with Crippen molar-refractivity contribution in [3.63, 3.8) is 0 Å². The maximum atomic E-state index is 12.5. The number of methoxy groups -OCH3 is 1. The number of urea groups is 2. The molecule has 0 spiro atoms. The number of rotatable bonds is 2. The van der Waals surface area contributed by atoms with Crippen LogP contribution < -0.4 is 15.4 Å². The van der Waals surface area contributed by atoms with Gasteiger partial charge in [0.05, 0.1) is 13.2 Å². The van der Waals surface area contributed by atoms with Crippen molar-refractivity contribution < 1.29 is 14.3 Å². The molecule has 7 nitrogen and oxygen atoms in total. The van der Waals surface area contributed by atoms with Crippen LogP contribution >= 0.6 is 0 Å². The van der Waals surface area contributed by atoms with Crippen LogP contribution in [-0.2, 0) is 0 Å². The molecule has 0 bridgehead atoms. The summed E-state index contributed by atoms with van der Waals surface area (Å²) in [5.74, 6) is 0.749. The molecule has 24 heavy (non-hydrogen) atoms. The van der Waals surface area contributed by atoms with Gasteiger partial charge in [0.2, 0.25) is 0 Å². The van der Waals surface area contributed by atoms with Gasteiger partial charge in [0, 0.05) is 31.6 Å².